The van der Waals surface area contributed by atoms with E-state index in [0.717, 1.165) is 37.0 Å². The quantitative estimate of drug-likeness (QED) is 0.703. The number of benzene rings is 1. The van der Waals surface area contributed by atoms with E-state index in [4.69, 9.17) is 4.74 Å². The third-order valence-electron chi connectivity index (χ3n) is 5.78. The fourth-order valence-electron chi connectivity index (χ4n) is 4.43. The molecule has 1 aliphatic carbocycles. The number of allylic oxidation sites excluding steroid dienone is 2. The van der Waals surface area contributed by atoms with Gasteiger partial charge in [-0.25, -0.2) is 0 Å². The second kappa shape index (κ2) is 5.89. The minimum atomic E-state index is -0.187. The first-order valence-corrected chi connectivity index (χ1v) is 9.06. The van der Waals surface area contributed by atoms with E-state index in [2.05, 4.69) is 46.8 Å². The highest BCUT2D eigenvalue weighted by Gasteiger charge is 2.45. The highest BCUT2D eigenvalue weighted by molar-refractivity contribution is 5.54. The maximum Gasteiger partial charge on any atom is 0.127 e. The Kier molecular flexibility index (Phi) is 4.20. The van der Waals surface area contributed by atoms with E-state index in [9.17, 15) is 5.11 Å². The molecule has 0 fully saturated rings. The van der Waals surface area contributed by atoms with E-state index in [-0.39, 0.29) is 11.5 Å². The molecule has 3 atom stereocenters. The largest absolute Gasteiger partial charge is 0.507 e. The zero-order valence-corrected chi connectivity index (χ0v) is 15.1. The Morgan fingerprint density at radius 1 is 1.35 bits per heavy atom. The van der Waals surface area contributed by atoms with Gasteiger partial charge in [0.25, 0.3) is 0 Å². The fraction of sp³-hybridized carbons (Fsp3) is 0.619. The Balaban J connectivity index is 2.09. The van der Waals surface area contributed by atoms with Crippen LogP contribution in [0.3, 0.4) is 0 Å². The van der Waals surface area contributed by atoms with E-state index < -0.39 is 0 Å². The predicted molar refractivity (Wildman–Crippen MR) is 95.4 cm³/mol. The van der Waals surface area contributed by atoms with Crippen LogP contribution in [0.4, 0.5) is 0 Å². The molecule has 0 aromatic heterocycles. The molecule has 1 unspecified atom stereocenters. The van der Waals surface area contributed by atoms with Crippen molar-refractivity contribution in [2.75, 3.05) is 0 Å². The van der Waals surface area contributed by atoms with Crippen LogP contribution in [-0.2, 0) is 0 Å². The number of hydrogen-bond acceptors (Lipinski definition) is 2. The molecule has 1 heterocycles. The van der Waals surface area contributed by atoms with Crippen LogP contribution in [0, 0.1) is 5.92 Å². The topological polar surface area (TPSA) is 29.5 Å². The van der Waals surface area contributed by atoms with Crippen LogP contribution < -0.4 is 4.74 Å². The van der Waals surface area contributed by atoms with Crippen molar-refractivity contribution in [2.45, 2.75) is 77.7 Å². The molecule has 23 heavy (non-hydrogen) atoms. The number of fused-ring (bicyclic) bond motifs is 3. The van der Waals surface area contributed by atoms with Crippen molar-refractivity contribution < 1.29 is 9.84 Å². The Hall–Kier alpha value is -1.44. The van der Waals surface area contributed by atoms with Gasteiger partial charge in [-0.2, -0.15) is 0 Å². The molecule has 0 bridgehead atoms. The number of rotatable bonds is 3. The number of phenolic OH excluding ortho intramolecular Hbond substituents is 1. The Morgan fingerprint density at radius 3 is 2.78 bits per heavy atom. The zero-order chi connectivity index (χ0) is 16.8. The van der Waals surface area contributed by atoms with Crippen LogP contribution in [0.1, 0.15) is 83.3 Å². The molecule has 1 aromatic carbocycles. The van der Waals surface area contributed by atoms with Gasteiger partial charge in [-0.3, -0.25) is 0 Å². The van der Waals surface area contributed by atoms with Crippen LogP contribution >= 0.6 is 0 Å². The van der Waals surface area contributed by atoms with E-state index in [1.165, 1.54) is 11.1 Å². The van der Waals surface area contributed by atoms with Gasteiger partial charge in [0.2, 0.25) is 0 Å². The van der Waals surface area contributed by atoms with Crippen LogP contribution in [0.2, 0.25) is 0 Å². The van der Waals surface area contributed by atoms with Gasteiger partial charge in [0.05, 0.1) is 0 Å². The van der Waals surface area contributed by atoms with Crippen LogP contribution in [0.15, 0.2) is 23.8 Å². The molecule has 1 N–H and O–H groups in total. The summed E-state index contributed by atoms with van der Waals surface area (Å²) >= 11 is 0. The molecular weight excluding hydrogens is 284 g/mol. The molecule has 2 nitrogen and oxygen atoms in total. The van der Waals surface area contributed by atoms with Crippen LogP contribution in [0.5, 0.6) is 11.5 Å². The minimum absolute atomic E-state index is 0.187. The summed E-state index contributed by atoms with van der Waals surface area (Å²) in [5.41, 5.74) is 3.43. The van der Waals surface area contributed by atoms with Gasteiger partial charge in [-0.15, -0.1) is 0 Å². The summed E-state index contributed by atoms with van der Waals surface area (Å²) in [4.78, 5) is 0. The van der Waals surface area contributed by atoms with Gasteiger partial charge >= 0.3 is 0 Å². The smallest absolute Gasteiger partial charge is 0.127 e. The molecular formula is C21H30O2. The van der Waals surface area contributed by atoms with Gasteiger partial charge < -0.3 is 9.84 Å². The van der Waals surface area contributed by atoms with Crippen molar-refractivity contribution in [3.05, 3.63) is 34.9 Å². The predicted octanol–water partition coefficient (Wildman–Crippen LogP) is 5.91. The molecule has 2 heteroatoms. The maximum atomic E-state index is 10.7. The zero-order valence-electron chi connectivity index (χ0n) is 15.1. The number of phenols is 1. The average molecular weight is 314 g/mol. The Morgan fingerprint density at radius 2 is 2.09 bits per heavy atom. The summed E-state index contributed by atoms with van der Waals surface area (Å²) in [6, 6.07) is 4.14. The monoisotopic (exact) mass is 314 g/mol. The Labute approximate surface area is 140 Å². The summed E-state index contributed by atoms with van der Waals surface area (Å²) in [7, 11) is 0. The minimum Gasteiger partial charge on any atom is -0.507 e. The Bertz CT molecular complexity index is 627. The maximum absolute atomic E-state index is 10.7. The molecule has 1 aliphatic heterocycles. The molecule has 0 spiro atoms. The number of ether oxygens (including phenoxy) is 1. The summed E-state index contributed by atoms with van der Waals surface area (Å²) in [6.45, 7) is 11.0. The van der Waals surface area contributed by atoms with Crippen molar-refractivity contribution in [2.24, 2.45) is 5.92 Å². The van der Waals surface area contributed by atoms with Crippen LogP contribution in [-0.4, -0.2) is 10.7 Å². The molecule has 0 saturated heterocycles. The SMILES string of the molecule is CCCC(C)c1cc(O)c2c(c1)OC(C)(C)[C@H]1CCC(C)=C[C@H]21. The lowest BCUT2D eigenvalue weighted by molar-refractivity contribution is 0.0107. The molecule has 2 aliphatic rings. The molecule has 3 rings (SSSR count). The second-order valence-corrected chi connectivity index (χ2v) is 8.03. The normalized spacial score (nSPS) is 26.6. The third-order valence-corrected chi connectivity index (χ3v) is 5.78. The van der Waals surface area contributed by atoms with Gasteiger partial charge in [-0.1, -0.05) is 31.9 Å². The highest BCUT2D eigenvalue weighted by Crippen LogP contribution is 2.53. The van der Waals surface area contributed by atoms with Gasteiger partial charge in [0, 0.05) is 17.4 Å². The first kappa shape index (κ1) is 16.4. The number of hydrogen-bond donors (Lipinski definition) is 1. The molecule has 0 saturated carbocycles. The van der Waals surface area contributed by atoms with Gasteiger partial charge in [0.15, 0.2) is 0 Å². The van der Waals surface area contributed by atoms with E-state index in [1.54, 1.807) is 0 Å². The van der Waals surface area contributed by atoms with Crippen molar-refractivity contribution in [3.63, 3.8) is 0 Å². The standard InChI is InChI=1S/C21H30O2/c1-6-7-14(3)15-11-18(22)20-16-10-13(2)8-9-17(16)21(4,5)23-19(20)12-15/h10-12,14,16-17,22H,6-9H2,1-5H3/t14?,16-,17-/m0/s1. The van der Waals surface area contributed by atoms with Crippen molar-refractivity contribution >= 4 is 0 Å². The van der Waals surface area contributed by atoms with E-state index >= 15 is 0 Å². The average Bonchev–Trinajstić information content (AvgIpc) is 2.45. The van der Waals surface area contributed by atoms with Gasteiger partial charge in [0.1, 0.15) is 17.1 Å². The first-order chi connectivity index (χ1) is 10.8. The van der Waals surface area contributed by atoms with E-state index in [1.807, 2.05) is 6.07 Å². The summed E-state index contributed by atoms with van der Waals surface area (Å²) in [6.07, 6.45) is 6.90. The third kappa shape index (κ3) is 2.88. The van der Waals surface area contributed by atoms with E-state index in [0.29, 0.717) is 17.6 Å². The second-order valence-electron chi connectivity index (χ2n) is 8.03. The summed E-state index contributed by atoms with van der Waals surface area (Å²) in [5, 5.41) is 10.7. The first-order valence-electron chi connectivity index (χ1n) is 9.06. The highest BCUT2D eigenvalue weighted by atomic mass is 16.5. The lowest BCUT2D eigenvalue weighted by Gasteiger charge is -2.46. The van der Waals surface area contributed by atoms with Crippen molar-refractivity contribution in [1.82, 2.24) is 0 Å². The summed E-state index contributed by atoms with van der Waals surface area (Å²) in [5.74, 6) is 2.46. The van der Waals surface area contributed by atoms with Crippen molar-refractivity contribution in [3.8, 4) is 11.5 Å². The fourth-order valence-corrected chi connectivity index (χ4v) is 4.43. The molecule has 126 valence electrons. The van der Waals surface area contributed by atoms with Gasteiger partial charge in [-0.05, 0) is 63.6 Å². The molecule has 1 aromatic rings. The van der Waals surface area contributed by atoms with Crippen LogP contribution in [0.25, 0.3) is 0 Å². The molecule has 0 radical (unpaired) electrons. The lowest BCUT2D eigenvalue weighted by atomic mass is 9.68. The molecule has 0 amide bonds. The lowest BCUT2D eigenvalue weighted by Crippen LogP contribution is -2.45. The summed E-state index contributed by atoms with van der Waals surface area (Å²) < 4.78 is 6.38. The number of aromatic hydroxyl groups is 1. The van der Waals surface area contributed by atoms with Crippen molar-refractivity contribution in [1.29, 1.82) is 0 Å².